The minimum atomic E-state index is -4.24. The summed E-state index contributed by atoms with van der Waals surface area (Å²) in [7, 11) is 3.42. The third-order valence-electron chi connectivity index (χ3n) is 2.10. The summed E-state index contributed by atoms with van der Waals surface area (Å²) in [4.78, 5) is 1.64. The highest BCUT2D eigenvalue weighted by Crippen LogP contribution is 2.22. The van der Waals surface area contributed by atoms with Crippen LogP contribution in [0.3, 0.4) is 0 Å². The van der Waals surface area contributed by atoms with Crippen LogP contribution in [0.2, 0.25) is 0 Å². The topological polar surface area (TPSA) is 21.1 Å². The Bertz CT molecular complexity index is 342. The minimum Gasteiger partial charge on any atom is -0.363 e. The molecule has 0 fully saturated rings. The molecule has 3 nitrogen and oxygen atoms in total. The highest BCUT2D eigenvalue weighted by atomic mass is 19.4. The van der Waals surface area contributed by atoms with Crippen molar-refractivity contribution in [2.45, 2.75) is 32.5 Å². The van der Waals surface area contributed by atoms with Gasteiger partial charge in [-0.05, 0) is 6.42 Å². The largest absolute Gasteiger partial charge is 0.408 e. The van der Waals surface area contributed by atoms with E-state index in [1.165, 1.54) is 0 Å². The molecule has 0 N–H and O–H groups in total. The van der Waals surface area contributed by atoms with Gasteiger partial charge in [-0.2, -0.15) is 18.3 Å². The summed E-state index contributed by atoms with van der Waals surface area (Å²) in [6, 6.07) is 1.70. The van der Waals surface area contributed by atoms with Crippen molar-refractivity contribution >= 4 is 5.82 Å². The second-order valence-electron chi connectivity index (χ2n) is 3.91. The number of alkyl halides is 3. The van der Waals surface area contributed by atoms with Crippen molar-refractivity contribution in [3.05, 3.63) is 11.8 Å². The van der Waals surface area contributed by atoms with E-state index >= 15 is 0 Å². The van der Waals surface area contributed by atoms with E-state index in [1.807, 2.05) is 6.92 Å². The van der Waals surface area contributed by atoms with Gasteiger partial charge in [0.05, 0.1) is 5.69 Å². The minimum absolute atomic E-state index is 0.487. The summed E-state index contributed by atoms with van der Waals surface area (Å²) in [6.07, 6.45) is -2.66. The van der Waals surface area contributed by atoms with E-state index < -0.39 is 12.7 Å². The van der Waals surface area contributed by atoms with Crippen LogP contribution in [0.4, 0.5) is 19.0 Å². The molecule has 0 aliphatic carbocycles. The summed E-state index contributed by atoms with van der Waals surface area (Å²) < 4.78 is 37.9. The average molecular weight is 235 g/mol. The molecule has 92 valence electrons. The van der Waals surface area contributed by atoms with E-state index in [9.17, 15) is 13.2 Å². The Balaban J connectivity index is 2.96. The Morgan fingerprint density at radius 1 is 1.38 bits per heavy atom. The molecule has 16 heavy (non-hydrogen) atoms. The molecule has 0 atom stereocenters. The molecule has 0 spiro atoms. The molecule has 0 aliphatic heterocycles. The predicted octanol–water partition coefficient (Wildman–Crippen LogP) is 2.46. The predicted molar refractivity (Wildman–Crippen MR) is 56.6 cm³/mol. The molecule has 1 aromatic rings. The Labute approximate surface area is 92.8 Å². The van der Waals surface area contributed by atoms with E-state index in [2.05, 4.69) is 5.10 Å². The maximum atomic E-state index is 12.3. The lowest BCUT2D eigenvalue weighted by Crippen LogP contribution is -2.23. The molecule has 1 heterocycles. The molecule has 0 aromatic carbocycles. The fourth-order valence-corrected chi connectivity index (χ4v) is 1.48. The van der Waals surface area contributed by atoms with Crippen LogP contribution in [0.1, 0.15) is 19.0 Å². The first-order chi connectivity index (χ1) is 7.33. The fourth-order valence-electron chi connectivity index (χ4n) is 1.48. The smallest absolute Gasteiger partial charge is 0.363 e. The van der Waals surface area contributed by atoms with Gasteiger partial charge >= 0.3 is 6.18 Å². The first-order valence-electron chi connectivity index (χ1n) is 5.14. The van der Waals surface area contributed by atoms with E-state index in [1.54, 1.807) is 25.1 Å². The summed E-state index contributed by atoms with van der Waals surface area (Å²) in [5.41, 5.74) is 0.704. The number of aryl methyl sites for hydroxylation is 1. The lowest BCUT2D eigenvalue weighted by atomic mass is 10.2. The van der Waals surface area contributed by atoms with Crippen LogP contribution in [-0.4, -0.2) is 30.1 Å². The Morgan fingerprint density at radius 2 is 2.00 bits per heavy atom. The number of rotatable bonds is 4. The molecule has 0 saturated heterocycles. The van der Waals surface area contributed by atoms with Gasteiger partial charge in [0.25, 0.3) is 0 Å². The maximum absolute atomic E-state index is 12.3. The number of nitrogens with zero attached hydrogens (tertiary/aromatic N) is 3. The molecule has 0 radical (unpaired) electrons. The van der Waals surface area contributed by atoms with Gasteiger partial charge < -0.3 is 4.90 Å². The zero-order valence-electron chi connectivity index (χ0n) is 9.67. The van der Waals surface area contributed by atoms with Crippen LogP contribution in [0.5, 0.6) is 0 Å². The van der Waals surface area contributed by atoms with Crippen molar-refractivity contribution < 1.29 is 13.2 Å². The van der Waals surface area contributed by atoms with Crippen LogP contribution >= 0.6 is 0 Å². The highest BCUT2D eigenvalue weighted by molar-refractivity contribution is 5.39. The quantitative estimate of drug-likeness (QED) is 0.799. The second kappa shape index (κ2) is 4.76. The summed E-state index contributed by atoms with van der Waals surface area (Å²) in [5, 5.41) is 3.96. The zero-order chi connectivity index (χ0) is 12.3. The molecule has 0 saturated carbocycles. The van der Waals surface area contributed by atoms with Crippen LogP contribution in [0, 0.1) is 0 Å². The van der Waals surface area contributed by atoms with Gasteiger partial charge in [0.1, 0.15) is 12.4 Å². The number of aromatic nitrogens is 2. The van der Waals surface area contributed by atoms with E-state index in [0.29, 0.717) is 17.9 Å². The number of hydrogen-bond acceptors (Lipinski definition) is 2. The standard InChI is InChI=1S/C10H16F3N3/c1-4-5-8-6-9(15(2)3)16(14-8)7-10(11,12)13/h6H,4-5,7H2,1-3H3. The number of halogens is 3. The maximum Gasteiger partial charge on any atom is 0.408 e. The lowest BCUT2D eigenvalue weighted by molar-refractivity contribution is -0.142. The summed E-state index contributed by atoms with van der Waals surface area (Å²) in [6.45, 7) is 0.933. The monoisotopic (exact) mass is 235 g/mol. The molecule has 1 aromatic heterocycles. The Morgan fingerprint density at radius 3 is 2.44 bits per heavy atom. The molecular weight excluding hydrogens is 219 g/mol. The lowest BCUT2D eigenvalue weighted by Gasteiger charge is -2.15. The molecular formula is C10H16F3N3. The third-order valence-corrected chi connectivity index (χ3v) is 2.10. The van der Waals surface area contributed by atoms with Gasteiger partial charge in [-0.15, -0.1) is 0 Å². The summed E-state index contributed by atoms with van der Waals surface area (Å²) >= 11 is 0. The van der Waals surface area contributed by atoms with Crippen LogP contribution < -0.4 is 4.90 Å². The van der Waals surface area contributed by atoms with Crippen molar-refractivity contribution in [2.24, 2.45) is 0 Å². The van der Waals surface area contributed by atoms with E-state index in [4.69, 9.17) is 0 Å². The normalized spacial score (nSPS) is 11.9. The van der Waals surface area contributed by atoms with E-state index in [0.717, 1.165) is 11.1 Å². The average Bonchev–Trinajstić information content (AvgIpc) is 2.45. The highest BCUT2D eigenvalue weighted by Gasteiger charge is 2.30. The SMILES string of the molecule is CCCc1cc(N(C)C)n(CC(F)(F)F)n1. The molecule has 0 amide bonds. The fraction of sp³-hybridized carbons (Fsp3) is 0.700. The van der Waals surface area contributed by atoms with Crippen molar-refractivity contribution in [3.63, 3.8) is 0 Å². The second-order valence-corrected chi connectivity index (χ2v) is 3.91. The van der Waals surface area contributed by atoms with Crippen molar-refractivity contribution in [1.82, 2.24) is 9.78 Å². The number of anilines is 1. The number of hydrogen-bond donors (Lipinski definition) is 0. The molecule has 1 rings (SSSR count). The summed E-state index contributed by atoms with van der Waals surface area (Å²) in [5.74, 6) is 0.487. The molecule has 0 aliphatic rings. The molecule has 0 unspecified atom stereocenters. The van der Waals surface area contributed by atoms with Crippen molar-refractivity contribution in [1.29, 1.82) is 0 Å². The Hall–Kier alpha value is -1.20. The zero-order valence-corrected chi connectivity index (χ0v) is 9.67. The van der Waals surface area contributed by atoms with Crippen molar-refractivity contribution in [3.8, 4) is 0 Å². The molecule has 6 heteroatoms. The van der Waals surface area contributed by atoms with Gasteiger partial charge in [0, 0.05) is 20.2 Å². The molecule has 0 bridgehead atoms. The van der Waals surface area contributed by atoms with Crippen molar-refractivity contribution in [2.75, 3.05) is 19.0 Å². The van der Waals surface area contributed by atoms with Gasteiger partial charge in [-0.1, -0.05) is 13.3 Å². The van der Waals surface area contributed by atoms with Crippen LogP contribution in [-0.2, 0) is 13.0 Å². The van der Waals surface area contributed by atoms with Crippen LogP contribution in [0.25, 0.3) is 0 Å². The van der Waals surface area contributed by atoms with Gasteiger partial charge in [-0.3, -0.25) is 0 Å². The third kappa shape index (κ3) is 3.43. The van der Waals surface area contributed by atoms with Gasteiger partial charge in [0.2, 0.25) is 0 Å². The van der Waals surface area contributed by atoms with Crippen LogP contribution in [0.15, 0.2) is 6.07 Å². The first kappa shape index (κ1) is 12.9. The van der Waals surface area contributed by atoms with E-state index in [-0.39, 0.29) is 0 Å². The Kier molecular flexibility index (Phi) is 3.83. The van der Waals surface area contributed by atoms with Gasteiger partial charge in [-0.25, -0.2) is 4.68 Å². The first-order valence-corrected chi connectivity index (χ1v) is 5.14. The van der Waals surface area contributed by atoms with Gasteiger partial charge in [0.15, 0.2) is 0 Å².